The fourth-order valence-corrected chi connectivity index (χ4v) is 3.43. The standard InChI is InChI=1S/C26H28N4/c1-17(2)19-9-13-21(14-10-19)27-25-26(30-24-8-6-5-7-23(24)29-25)28-22-15-11-20(12-16-22)18(3)4/h5-18H,1-4H3,(H,27,29)(H,28,30)/p+1. The molecule has 0 aliphatic carbocycles. The van der Waals surface area contributed by atoms with Gasteiger partial charge in [-0.3, -0.25) is 5.32 Å². The maximum Gasteiger partial charge on any atom is 0.273 e. The third kappa shape index (κ3) is 4.50. The number of para-hydroxylation sites is 2. The van der Waals surface area contributed by atoms with Crippen LogP contribution in [0.4, 0.5) is 23.0 Å². The first-order chi connectivity index (χ1) is 14.5. The highest BCUT2D eigenvalue weighted by Crippen LogP contribution is 2.25. The van der Waals surface area contributed by atoms with Crippen LogP contribution in [0.2, 0.25) is 0 Å². The lowest BCUT2D eigenvalue weighted by molar-refractivity contribution is -0.482. The summed E-state index contributed by atoms with van der Waals surface area (Å²) in [4.78, 5) is 9.75. The minimum atomic E-state index is 0.511. The zero-order valence-corrected chi connectivity index (χ0v) is 18.1. The van der Waals surface area contributed by atoms with Gasteiger partial charge in [0.2, 0.25) is 5.82 Å². The van der Waals surface area contributed by atoms with Gasteiger partial charge in [-0.25, -0.2) is 4.98 Å². The van der Waals surface area contributed by atoms with Crippen LogP contribution in [0.25, 0.3) is 11.0 Å². The van der Waals surface area contributed by atoms with Crippen LogP contribution in [0, 0.1) is 0 Å². The summed E-state index contributed by atoms with van der Waals surface area (Å²) in [5.41, 5.74) is 6.55. The van der Waals surface area contributed by atoms with Gasteiger partial charge < -0.3 is 5.32 Å². The normalized spacial score (nSPS) is 11.4. The first kappa shape index (κ1) is 20.0. The molecular weight excluding hydrogens is 368 g/mol. The molecular formula is C26H29N4+. The molecule has 3 N–H and O–H groups in total. The van der Waals surface area contributed by atoms with E-state index in [0.29, 0.717) is 11.8 Å². The van der Waals surface area contributed by atoms with Gasteiger partial charge in [0.05, 0.1) is 11.0 Å². The lowest BCUT2D eigenvalue weighted by Crippen LogP contribution is -2.71. The highest BCUT2D eigenvalue weighted by atomic mass is 15.1. The van der Waals surface area contributed by atoms with Crippen LogP contribution in [0.3, 0.4) is 0 Å². The van der Waals surface area contributed by atoms with Gasteiger partial charge in [-0.2, -0.15) is 4.98 Å². The predicted octanol–water partition coefficient (Wildman–Crippen LogP) is 6.15. The van der Waals surface area contributed by atoms with E-state index in [-0.39, 0.29) is 0 Å². The Morgan fingerprint density at radius 2 is 1.20 bits per heavy atom. The van der Waals surface area contributed by atoms with E-state index in [9.17, 15) is 0 Å². The highest BCUT2D eigenvalue weighted by molar-refractivity contribution is 5.79. The number of benzene rings is 3. The average Bonchev–Trinajstić information content (AvgIpc) is 2.75. The summed E-state index contributed by atoms with van der Waals surface area (Å²) >= 11 is 0. The second kappa shape index (κ2) is 8.64. The van der Waals surface area contributed by atoms with Crippen molar-refractivity contribution in [1.82, 2.24) is 9.97 Å². The molecule has 4 rings (SSSR count). The van der Waals surface area contributed by atoms with Gasteiger partial charge in [-0.15, -0.1) is 0 Å². The molecule has 4 nitrogen and oxygen atoms in total. The van der Waals surface area contributed by atoms with E-state index < -0.39 is 0 Å². The Morgan fingerprint density at radius 3 is 1.77 bits per heavy atom. The van der Waals surface area contributed by atoms with Crippen molar-refractivity contribution in [1.29, 1.82) is 0 Å². The summed E-state index contributed by atoms with van der Waals surface area (Å²) in [6.45, 7) is 8.82. The summed E-state index contributed by atoms with van der Waals surface area (Å²) in [5.74, 6) is 2.63. The molecule has 30 heavy (non-hydrogen) atoms. The van der Waals surface area contributed by atoms with Crippen LogP contribution in [0.5, 0.6) is 0 Å². The Balaban J connectivity index is 1.68. The lowest BCUT2D eigenvalue weighted by Gasteiger charge is -2.12. The third-order valence-corrected chi connectivity index (χ3v) is 5.34. The first-order valence-corrected chi connectivity index (χ1v) is 10.6. The van der Waals surface area contributed by atoms with Crippen molar-refractivity contribution in [2.45, 2.75) is 39.5 Å². The van der Waals surface area contributed by atoms with Crippen molar-refractivity contribution in [3.8, 4) is 0 Å². The van der Waals surface area contributed by atoms with E-state index in [1.807, 2.05) is 24.3 Å². The molecule has 0 aliphatic heterocycles. The largest absolute Gasteiger partial charge is 0.334 e. The zero-order valence-electron chi connectivity index (χ0n) is 18.1. The zero-order chi connectivity index (χ0) is 21.1. The number of hydrogen-bond donors (Lipinski definition) is 2. The van der Waals surface area contributed by atoms with Crippen LogP contribution in [0.15, 0.2) is 72.8 Å². The number of quaternary nitrogens is 1. The molecule has 0 atom stereocenters. The Morgan fingerprint density at radius 1 is 0.667 bits per heavy atom. The van der Waals surface area contributed by atoms with Crippen molar-refractivity contribution in [3.63, 3.8) is 0 Å². The van der Waals surface area contributed by atoms with E-state index in [1.165, 1.54) is 11.1 Å². The molecule has 0 fully saturated rings. The van der Waals surface area contributed by atoms with E-state index in [0.717, 1.165) is 34.0 Å². The van der Waals surface area contributed by atoms with E-state index in [1.54, 1.807) is 0 Å². The molecule has 0 amide bonds. The summed E-state index contributed by atoms with van der Waals surface area (Å²) < 4.78 is 0. The van der Waals surface area contributed by atoms with E-state index in [2.05, 4.69) is 86.9 Å². The second-order valence-electron chi connectivity index (χ2n) is 8.31. The van der Waals surface area contributed by atoms with Crippen LogP contribution >= 0.6 is 0 Å². The fourth-order valence-electron chi connectivity index (χ4n) is 3.43. The number of nitrogens with one attached hydrogen (secondary N) is 1. The molecule has 4 heteroatoms. The van der Waals surface area contributed by atoms with Crippen LogP contribution in [-0.2, 0) is 0 Å². The fraction of sp³-hybridized carbons (Fsp3) is 0.231. The maximum atomic E-state index is 4.89. The Bertz CT molecular complexity index is 1040. The smallest absolute Gasteiger partial charge is 0.273 e. The predicted molar refractivity (Wildman–Crippen MR) is 125 cm³/mol. The quantitative estimate of drug-likeness (QED) is 0.384. The number of hydrogen-bond acceptors (Lipinski definition) is 3. The molecule has 3 aromatic carbocycles. The third-order valence-electron chi connectivity index (χ3n) is 5.34. The number of nitrogens with two attached hydrogens (primary N) is 1. The lowest BCUT2D eigenvalue weighted by atomic mass is 10.0. The molecule has 152 valence electrons. The molecule has 4 aromatic rings. The summed E-state index contributed by atoms with van der Waals surface area (Å²) in [7, 11) is 0. The van der Waals surface area contributed by atoms with Crippen molar-refractivity contribution in [2.24, 2.45) is 0 Å². The summed E-state index contributed by atoms with van der Waals surface area (Å²) in [5, 5.41) is 5.57. The Labute approximate surface area is 178 Å². The average molecular weight is 398 g/mol. The number of fused-ring (bicyclic) bond motifs is 1. The van der Waals surface area contributed by atoms with Gasteiger partial charge in [0.1, 0.15) is 5.69 Å². The van der Waals surface area contributed by atoms with Crippen LogP contribution in [0.1, 0.15) is 50.7 Å². The van der Waals surface area contributed by atoms with Gasteiger partial charge in [-0.05, 0) is 59.4 Å². The molecule has 0 saturated heterocycles. The number of nitrogens with zero attached hydrogens (tertiary/aromatic N) is 2. The highest BCUT2D eigenvalue weighted by Gasteiger charge is 2.15. The van der Waals surface area contributed by atoms with Gasteiger partial charge >= 0.3 is 0 Å². The molecule has 0 saturated carbocycles. The van der Waals surface area contributed by atoms with E-state index in [4.69, 9.17) is 9.97 Å². The Hall–Kier alpha value is -3.24. The van der Waals surface area contributed by atoms with Gasteiger partial charge in [0.15, 0.2) is 0 Å². The molecule has 0 bridgehead atoms. The van der Waals surface area contributed by atoms with Crippen molar-refractivity contribution >= 4 is 34.0 Å². The number of aromatic nitrogens is 2. The van der Waals surface area contributed by atoms with Gasteiger partial charge in [0, 0.05) is 5.69 Å². The Kier molecular flexibility index (Phi) is 5.77. The number of anilines is 2. The molecule has 1 aromatic heterocycles. The minimum Gasteiger partial charge on any atom is -0.334 e. The summed E-state index contributed by atoms with van der Waals surface area (Å²) in [6.07, 6.45) is 0. The van der Waals surface area contributed by atoms with Gasteiger partial charge in [0.25, 0.3) is 5.82 Å². The molecule has 0 aliphatic rings. The summed E-state index contributed by atoms with van der Waals surface area (Å²) in [6, 6.07) is 25.2. The van der Waals surface area contributed by atoms with Crippen LogP contribution < -0.4 is 10.6 Å². The molecule has 0 unspecified atom stereocenters. The topological polar surface area (TPSA) is 54.4 Å². The minimum absolute atomic E-state index is 0.511. The van der Waals surface area contributed by atoms with Crippen molar-refractivity contribution < 1.29 is 5.32 Å². The van der Waals surface area contributed by atoms with Crippen molar-refractivity contribution in [2.75, 3.05) is 5.32 Å². The molecule has 0 radical (unpaired) electrons. The van der Waals surface area contributed by atoms with E-state index >= 15 is 0 Å². The molecule has 1 heterocycles. The number of rotatable bonds is 6. The van der Waals surface area contributed by atoms with Gasteiger partial charge in [-0.1, -0.05) is 64.1 Å². The van der Waals surface area contributed by atoms with Crippen molar-refractivity contribution in [3.05, 3.63) is 83.9 Å². The van der Waals surface area contributed by atoms with Crippen LogP contribution in [-0.4, -0.2) is 9.97 Å². The monoisotopic (exact) mass is 397 g/mol. The maximum absolute atomic E-state index is 4.89. The second-order valence-corrected chi connectivity index (χ2v) is 8.31. The SMILES string of the molecule is CC(C)c1ccc(Nc2nc3ccccc3nc2[NH2+]c2ccc(C(C)C)cc2)cc1. The molecule has 0 spiro atoms. The first-order valence-electron chi connectivity index (χ1n) is 10.6.